The van der Waals surface area contributed by atoms with Gasteiger partial charge >= 0.3 is 29.6 Å². The average molecular weight is 470 g/mol. The summed E-state index contributed by atoms with van der Waals surface area (Å²) in [7, 11) is -4.49. The van der Waals surface area contributed by atoms with Gasteiger partial charge in [0.15, 0.2) is 5.78 Å². The van der Waals surface area contributed by atoms with E-state index in [1.807, 2.05) is 12.1 Å². The number of anilines is 1. The maximum absolute atomic E-state index is 11.8. The van der Waals surface area contributed by atoms with Crippen molar-refractivity contribution in [1.82, 2.24) is 4.98 Å². The van der Waals surface area contributed by atoms with Crippen molar-refractivity contribution in [2.24, 2.45) is 10.2 Å². The molecule has 4 aromatic rings. The topological polar surface area (TPSA) is 135 Å². The second kappa shape index (κ2) is 9.90. The van der Waals surface area contributed by atoms with Gasteiger partial charge in [0.1, 0.15) is 16.3 Å². The first-order valence-electron chi connectivity index (χ1n) is 9.52. The minimum atomic E-state index is -4.49. The molecule has 1 heterocycles. The summed E-state index contributed by atoms with van der Waals surface area (Å²) in [5, 5.41) is 8.92. The third-order valence-corrected chi connectivity index (χ3v) is 5.81. The number of hydrogen-bond acceptors (Lipinski definition) is 7. The summed E-state index contributed by atoms with van der Waals surface area (Å²) in [6.07, 6.45) is 1.51. The van der Waals surface area contributed by atoms with Gasteiger partial charge in [-0.3, -0.25) is 14.3 Å². The Balaban J connectivity index is 0.00000306. The number of ketones is 1. The fourth-order valence-electron chi connectivity index (χ4n) is 3.25. The van der Waals surface area contributed by atoms with Gasteiger partial charge in [0.2, 0.25) is 0 Å². The number of rotatable bonds is 5. The van der Waals surface area contributed by atoms with Crippen LogP contribution >= 0.6 is 0 Å². The van der Waals surface area contributed by atoms with Crippen LogP contribution in [-0.2, 0) is 10.1 Å². The molecule has 0 aliphatic heterocycles. The fourth-order valence-corrected chi connectivity index (χ4v) is 3.97. The molecule has 162 valence electrons. The first-order valence-corrected chi connectivity index (χ1v) is 11.0. The maximum atomic E-state index is 11.8. The number of nitrogens with zero attached hydrogens (tertiary/aromatic N) is 3. The van der Waals surface area contributed by atoms with E-state index in [1.54, 1.807) is 48.5 Å². The Morgan fingerprint density at radius 2 is 1.64 bits per heavy atom. The molecule has 3 N–H and O–H groups in total. The Kier molecular flexibility index (Phi) is 7.41. The van der Waals surface area contributed by atoms with Crippen LogP contribution in [0.3, 0.4) is 0 Å². The molecule has 0 radical (unpaired) electrons. The molecule has 10 heteroatoms. The van der Waals surface area contributed by atoms with E-state index in [0.29, 0.717) is 27.7 Å². The van der Waals surface area contributed by atoms with E-state index in [4.69, 9.17) is 5.73 Å². The predicted octanol–water partition coefficient (Wildman–Crippen LogP) is 4.70. The number of fused-ring (bicyclic) bond motifs is 1. The molecule has 8 nitrogen and oxygen atoms in total. The van der Waals surface area contributed by atoms with Gasteiger partial charge in [0.25, 0.3) is 10.1 Å². The van der Waals surface area contributed by atoms with Crippen molar-refractivity contribution in [2.45, 2.75) is 11.8 Å². The zero-order valence-electron chi connectivity index (χ0n) is 16.9. The zero-order valence-corrected chi connectivity index (χ0v) is 17.7. The van der Waals surface area contributed by atoms with E-state index in [-0.39, 0.29) is 51.6 Å². The van der Waals surface area contributed by atoms with Crippen LogP contribution in [0.15, 0.2) is 88.1 Å². The van der Waals surface area contributed by atoms with Crippen LogP contribution in [0.1, 0.15) is 17.3 Å². The number of carbonyl (C=O) groups is 1. The molecule has 3 aromatic carbocycles. The summed E-state index contributed by atoms with van der Waals surface area (Å²) in [4.78, 5) is 15.5. The van der Waals surface area contributed by atoms with Gasteiger partial charge in [0.05, 0.1) is 17.6 Å². The Morgan fingerprint density at radius 3 is 2.21 bits per heavy atom. The number of pyridine rings is 1. The second-order valence-electron chi connectivity index (χ2n) is 7.06. The van der Waals surface area contributed by atoms with Crippen molar-refractivity contribution < 1.29 is 17.8 Å². The summed E-state index contributed by atoms with van der Waals surface area (Å²) >= 11 is 0. The number of aromatic nitrogens is 1. The second-order valence-corrected chi connectivity index (χ2v) is 8.45. The van der Waals surface area contributed by atoms with Crippen molar-refractivity contribution in [2.75, 3.05) is 5.73 Å². The van der Waals surface area contributed by atoms with Gasteiger partial charge in [-0.25, -0.2) is 0 Å². The molecule has 0 fully saturated rings. The van der Waals surface area contributed by atoms with Crippen LogP contribution in [0.4, 0.5) is 17.1 Å². The van der Waals surface area contributed by atoms with Gasteiger partial charge in [0, 0.05) is 21.9 Å². The number of azo groups is 1. The molecular weight excluding hydrogens is 451 g/mol. The number of hydrogen-bond donors (Lipinski definition) is 2. The third kappa shape index (κ3) is 5.35. The Hall–Kier alpha value is -2.95. The molecule has 0 spiro atoms. The van der Waals surface area contributed by atoms with Crippen LogP contribution < -0.4 is 5.73 Å². The van der Waals surface area contributed by atoms with Crippen molar-refractivity contribution in [3.05, 3.63) is 78.5 Å². The molecule has 0 unspecified atom stereocenters. The van der Waals surface area contributed by atoms with Crippen molar-refractivity contribution in [3.63, 3.8) is 0 Å². The van der Waals surface area contributed by atoms with E-state index >= 15 is 0 Å². The molecular formula is C23H19N4NaO4S. The molecule has 0 aliphatic carbocycles. The molecule has 0 aliphatic rings. The van der Waals surface area contributed by atoms with Gasteiger partial charge in [-0.1, -0.05) is 48.5 Å². The summed E-state index contributed by atoms with van der Waals surface area (Å²) in [6.45, 7) is 1.51. The van der Waals surface area contributed by atoms with Crippen LogP contribution in [0.25, 0.3) is 22.0 Å². The zero-order chi connectivity index (χ0) is 22.9. The Morgan fingerprint density at radius 1 is 0.970 bits per heavy atom. The quantitative estimate of drug-likeness (QED) is 0.143. The molecule has 0 atom stereocenters. The molecule has 0 amide bonds. The van der Waals surface area contributed by atoms with Gasteiger partial charge < -0.3 is 5.73 Å². The normalized spacial score (nSPS) is 11.5. The third-order valence-electron chi connectivity index (χ3n) is 4.91. The number of nitrogen functional groups attached to an aromatic ring is 1. The monoisotopic (exact) mass is 470 g/mol. The molecule has 0 bridgehead atoms. The number of carbonyl (C=O) groups excluding carboxylic acids is 1. The number of nitrogens with two attached hydrogens (primary N) is 1. The van der Waals surface area contributed by atoms with Crippen LogP contribution in [-0.4, -0.2) is 53.3 Å². The molecule has 1 aromatic heterocycles. The van der Waals surface area contributed by atoms with Gasteiger partial charge in [-0.15, -0.1) is 10.2 Å². The number of benzene rings is 3. The molecule has 0 saturated carbocycles. The Labute approximate surface area is 212 Å². The van der Waals surface area contributed by atoms with Crippen LogP contribution in [0.5, 0.6) is 0 Å². The van der Waals surface area contributed by atoms with E-state index in [2.05, 4.69) is 15.2 Å². The van der Waals surface area contributed by atoms with Crippen molar-refractivity contribution >= 4 is 73.3 Å². The summed E-state index contributed by atoms with van der Waals surface area (Å²) in [5.74, 6) is -0.00890. The summed E-state index contributed by atoms with van der Waals surface area (Å²) in [5.41, 5.74) is 9.10. The Bertz CT molecular complexity index is 1470. The average Bonchev–Trinajstić information content (AvgIpc) is 2.78. The fraction of sp³-hybridized carbons (Fsp3) is 0.0435. The molecule has 33 heavy (non-hydrogen) atoms. The van der Waals surface area contributed by atoms with E-state index in [9.17, 15) is 17.8 Å². The van der Waals surface area contributed by atoms with Crippen LogP contribution in [0.2, 0.25) is 0 Å². The molecule has 4 rings (SSSR count). The molecule has 0 saturated heterocycles. The van der Waals surface area contributed by atoms with Crippen LogP contribution in [0, 0.1) is 0 Å². The van der Waals surface area contributed by atoms with Gasteiger partial charge in [-0.05, 0) is 25.1 Å². The first-order chi connectivity index (χ1) is 15.2. The standard InChI is InChI=1S/C23H18N4O4S.Na.H/c1-14(28)15-6-8-16(9-7-15)20-11-10-17(13-25-20)26-27-21-12-22(32(29,30)31)18-4-2-3-5-19(18)23(21)24;;/h2-13H,24H2,1H3,(H,29,30,31);;/b27-26+;;. The summed E-state index contributed by atoms with van der Waals surface area (Å²) in [6, 6.07) is 18.3. The first kappa shape index (κ1) is 24.7. The van der Waals surface area contributed by atoms with E-state index in [0.717, 1.165) is 5.56 Å². The van der Waals surface area contributed by atoms with E-state index in [1.165, 1.54) is 19.2 Å². The van der Waals surface area contributed by atoms with E-state index < -0.39 is 10.1 Å². The van der Waals surface area contributed by atoms with Gasteiger partial charge in [-0.2, -0.15) is 8.42 Å². The summed E-state index contributed by atoms with van der Waals surface area (Å²) < 4.78 is 33.3. The number of Topliss-reactive ketones (excluding diaryl/α,β-unsaturated/α-hetero) is 1. The van der Waals surface area contributed by atoms with Crippen molar-refractivity contribution in [3.8, 4) is 11.3 Å². The predicted molar refractivity (Wildman–Crippen MR) is 129 cm³/mol. The van der Waals surface area contributed by atoms with Crippen molar-refractivity contribution in [1.29, 1.82) is 0 Å². The minimum absolute atomic E-state index is 0. The SMILES string of the molecule is CC(=O)c1ccc(-c2ccc(/N=N/c3cc(S(=O)(=O)O)c4ccccc4c3N)cn2)cc1.[NaH].